The summed E-state index contributed by atoms with van der Waals surface area (Å²) in [5.74, 6) is 0.404. The van der Waals surface area contributed by atoms with Gasteiger partial charge >= 0.3 is 0 Å². The number of unbranched alkanes of at least 4 members (excludes halogenated alkanes) is 1. The second-order valence-corrected chi connectivity index (χ2v) is 5.39. The molecule has 0 aliphatic carbocycles. The zero-order chi connectivity index (χ0) is 16.5. The fourth-order valence-corrected chi connectivity index (χ4v) is 2.14. The van der Waals surface area contributed by atoms with Gasteiger partial charge in [-0.3, -0.25) is 4.79 Å². The molecular weight excluding hydrogens is 288 g/mol. The zero-order valence-corrected chi connectivity index (χ0v) is 13.3. The van der Waals surface area contributed by atoms with Crippen LogP contribution in [0.1, 0.15) is 36.7 Å². The Kier molecular flexibility index (Phi) is 6.29. The number of anilines is 2. The number of allylic oxidation sites excluding steroid dienone is 1. The van der Waals surface area contributed by atoms with Gasteiger partial charge in [-0.2, -0.15) is 0 Å². The maximum Gasteiger partial charge on any atom is 0.276 e. The first kappa shape index (κ1) is 16.7. The third-order valence-corrected chi connectivity index (χ3v) is 3.37. The monoisotopic (exact) mass is 310 g/mol. The van der Waals surface area contributed by atoms with E-state index in [0.29, 0.717) is 17.6 Å². The number of nitrogens with one attached hydrogen (secondary N) is 2. The standard InChI is InChI=1S/C18H22N4O/c1-3-4-6-9-14(2)19-17-13-12-16(21-22-17)18(23)20-15-10-7-5-8-11-15/h3,5,7-8,10-14H,1,4,6,9H2,2H3,(H,19,22)(H,20,23). The maximum atomic E-state index is 12.1. The van der Waals surface area contributed by atoms with E-state index in [1.54, 1.807) is 12.1 Å². The van der Waals surface area contributed by atoms with Gasteiger partial charge in [-0.1, -0.05) is 24.3 Å². The topological polar surface area (TPSA) is 66.9 Å². The van der Waals surface area contributed by atoms with Gasteiger partial charge in [-0.05, 0) is 50.5 Å². The molecule has 2 N–H and O–H groups in total. The summed E-state index contributed by atoms with van der Waals surface area (Å²) in [7, 11) is 0. The van der Waals surface area contributed by atoms with Crippen molar-refractivity contribution in [2.75, 3.05) is 10.6 Å². The first-order valence-electron chi connectivity index (χ1n) is 7.76. The Balaban J connectivity index is 1.88. The van der Waals surface area contributed by atoms with E-state index < -0.39 is 0 Å². The highest BCUT2D eigenvalue weighted by Crippen LogP contribution is 2.10. The van der Waals surface area contributed by atoms with Crippen molar-refractivity contribution in [3.05, 3.63) is 60.8 Å². The van der Waals surface area contributed by atoms with E-state index in [0.717, 1.165) is 24.9 Å². The van der Waals surface area contributed by atoms with E-state index in [4.69, 9.17) is 0 Å². The molecule has 1 aromatic carbocycles. The van der Waals surface area contributed by atoms with Crippen LogP contribution < -0.4 is 10.6 Å². The quantitative estimate of drug-likeness (QED) is 0.573. The lowest BCUT2D eigenvalue weighted by Gasteiger charge is -2.13. The van der Waals surface area contributed by atoms with Gasteiger partial charge in [0.15, 0.2) is 5.69 Å². The molecule has 0 saturated heterocycles. The Morgan fingerprint density at radius 3 is 2.65 bits per heavy atom. The summed E-state index contributed by atoms with van der Waals surface area (Å²) in [6, 6.07) is 13.0. The summed E-state index contributed by atoms with van der Waals surface area (Å²) in [6.45, 7) is 5.82. The molecule has 0 radical (unpaired) electrons. The van der Waals surface area contributed by atoms with Gasteiger partial charge < -0.3 is 10.6 Å². The van der Waals surface area contributed by atoms with Crippen LogP contribution in [0.15, 0.2) is 55.1 Å². The fraction of sp³-hybridized carbons (Fsp3) is 0.278. The lowest BCUT2D eigenvalue weighted by molar-refractivity contribution is 0.102. The molecule has 0 bridgehead atoms. The first-order chi connectivity index (χ1) is 11.2. The molecule has 1 heterocycles. The molecule has 1 atom stereocenters. The Morgan fingerprint density at radius 2 is 2.00 bits per heavy atom. The van der Waals surface area contributed by atoms with Crippen LogP contribution in [-0.4, -0.2) is 22.1 Å². The van der Waals surface area contributed by atoms with Crippen molar-refractivity contribution >= 4 is 17.4 Å². The summed E-state index contributed by atoms with van der Waals surface area (Å²) in [5, 5.41) is 14.1. The van der Waals surface area contributed by atoms with Crippen molar-refractivity contribution in [2.45, 2.75) is 32.2 Å². The van der Waals surface area contributed by atoms with Crippen LogP contribution in [0.2, 0.25) is 0 Å². The van der Waals surface area contributed by atoms with Crippen molar-refractivity contribution in [3.63, 3.8) is 0 Å². The van der Waals surface area contributed by atoms with Gasteiger partial charge in [-0.15, -0.1) is 16.8 Å². The second kappa shape index (κ2) is 8.68. The first-order valence-corrected chi connectivity index (χ1v) is 7.76. The molecule has 1 unspecified atom stereocenters. The highest BCUT2D eigenvalue weighted by Gasteiger charge is 2.09. The van der Waals surface area contributed by atoms with E-state index >= 15 is 0 Å². The van der Waals surface area contributed by atoms with Gasteiger partial charge in [-0.25, -0.2) is 0 Å². The van der Waals surface area contributed by atoms with Gasteiger partial charge in [0.2, 0.25) is 0 Å². The SMILES string of the molecule is C=CCCCC(C)Nc1ccc(C(=O)Nc2ccccc2)nn1. The molecule has 5 nitrogen and oxygen atoms in total. The number of amides is 1. The Hall–Kier alpha value is -2.69. The smallest absolute Gasteiger partial charge is 0.276 e. The number of hydrogen-bond donors (Lipinski definition) is 2. The Morgan fingerprint density at radius 1 is 1.22 bits per heavy atom. The zero-order valence-electron chi connectivity index (χ0n) is 13.3. The number of benzene rings is 1. The van der Waals surface area contributed by atoms with Gasteiger partial charge in [0.1, 0.15) is 5.82 Å². The molecule has 2 rings (SSSR count). The normalized spacial score (nSPS) is 11.5. The third kappa shape index (κ3) is 5.54. The number of carbonyl (C=O) groups is 1. The van der Waals surface area contributed by atoms with E-state index in [1.807, 2.05) is 36.4 Å². The number of carbonyl (C=O) groups excluding carboxylic acids is 1. The molecule has 0 spiro atoms. The van der Waals surface area contributed by atoms with Crippen molar-refractivity contribution in [3.8, 4) is 0 Å². The van der Waals surface area contributed by atoms with Crippen LogP contribution in [0.4, 0.5) is 11.5 Å². The minimum atomic E-state index is -0.269. The van der Waals surface area contributed by atoms with Crippen LogP contribution in [0.3, 0.4) is 0 Å². The van der Waals surface area contributed by atoms with E-state index in [1.165, 1.54) is 0 Å². The number of aromatic nitrogens is 2. The largest absolute Gasteiger partial charge is 0.366 e. The second-order valence-electron chi connectivity index (χ2n) is 5.39. The Bertz CT molecular complexity index is 625. The summed E-state index contributed by atoms with van der Waals surface area (Å²) in [4.78, 5) is 12.1. The molecule has 0 aliphatic heterocycles. The molecule has 0 saturated carbocycles. The van der Waals surface area contributed by atoms with E-state index in [-0.39, 0.29) is 5.91 Å². The van der Waals surface area contributed by atoms with Crippen molar-refractivity contribution in [2.24, 2.45) is 0 Å². The van der Waals surface area contributed by atoms with Crippen molar-refractivity contribution in [1.82, 2.24) is 10.2 Å². The highest BCUT2D eigenvalue weighted by atomic mass is 16.1. The predicted molar refractivity (Wildman–Crippen MR) is 93.6 cm³/mol. The molecule has 120 valence electrons. The van der Waals surface area contributed by atoms with Crippen molar-refractivity contribution in [1.29, 1.82) is 0 Å². The van der Waals surface area contributed by atoms with Gasteiger partial charge in [0.25, 0.3) is 5.91 Å². The van der Waals surface area contributed by atoms with E-state index in [9.17, 15) is 4.79 Å². The number of rotatable bonds is 8. The van der Waals surface area contributed by atoms with Gasteiger partial charge in [0.05, 0.1) is 0 Å². The molecule has 1 aromatic heterocycles. The molecule has 23 heavy (non-hydrogen) atoms. The lowest BCUT2D eigenvalue weighted by atomic mass is 10.1. The molecule has 5 heteroatoms. The van der Waals surface area contributed by atoms with Gasteiger partial charge in [0, 0.05) is 11.7 Å². The Labute approximate surface area is 136 Å². The lowest BCUT2D eigenvalue weighted by Crippen LogP contribution is -2.18. The summed E-state index contributed by atoms with van der Waals surface area (Å²) in [6.07, 6.45) is 5.05. The van der Waals surface area contributed by atoms with E-state index in [2.05, 4.69) is 34.3 Å². The molecular formula is C18H22N4O. The predicted octanol–water partition coefficient (Wildman–Crippen LogP) is 3.89. The third-order valence-electron chi connectivity index (χ3n) is 3.37. The molecule has 0 fully saturated rings. The van der Waals surface area contributed by atoms with Crippen LogP contribution in [-0.2, 0) is 0 Å². The minimum Gasteiger partial charge on any atom is -0.366 e. The summed E-state index contributed by atoms with van der Waals surface area (Å²) >= 11 is 0. The summed E-state index contributed by atoms with van der Waals surface area (Å²) in [5.41, 5.74) is 1.02. The molecule has 1 amide bonds. The number of hydrogen-bond acceptors (Lipinski definition) is 4. The highest BCUT2D eigenvalue weighted by molar-refractivity contribution is 6.02. The minimum absolute atomic E-state index is 0.269. The summed E-state index contributed by atoms with van der Waals surface area (Å²) < 4.78 is 0. The van der Waals surface area contributed by atoms with Crippen LogP contribution >= 0.6 is 0 Å². The molecule has 0 aliphatic rings. The molecule has 2 aromatic rings. The maximum absolute atomic E-state index is 12.1. The average molecular weight is 310 g/mol. The number of nitrogens with zero attached hydrogens (tertiary/aromatic N) is 2. The van der Waals surface area contributed by atoms with Crippen LogP contribution in [0.5, 0.6) is 0 Å². The average Bonchev–Trinajstić information content (AvgIpc) is 2.56. The number of para-hydroxylation sites is 1. The van der Waals surface area contributed by atoms with Crippen LogP contribution in [0, 0.1) is 0 Å². The van der Waals surface area contributed by atoms with Crippen molar-refractivity contribution < 1.29 is 4.79 Å². The van der Waals surface area contributed by atoms with Crippen LogP contribution in [0.25, 0.3) is 0 Å². The fourth-order valence-electron chi connectivity index (χ4n) is 2.14.